The highest BCUT2D eigenvalue weighted by molar-refractivity contribution is 5.95. The molecular weight excluding hydrogens is 448 g/mol. The van der Waals surface area contributed by atoms with Crippen molar-refractivity contribution < 1.29 is 29.1 Å². The number of guanidine groups is 1. The molecule has 14 heteroatoms. The molecule has 2 aliphatic heterocycles. The first-order valence-electron chi connectivity index (χ1n) is 11.3. The number of rotatable bonds is 11. The van der Waals surface area contributed by atoms with Crippen LogP contribution in [0.2, 0.25) is 0 Å². The molecule has 2 aliphatic rings. The number of carboxylic acids is 1. The van der Waals surface area contributed by atoms with Gasteiger partial charge in [-0.2, -0.15) is 0 Å². The second-order valence-electron chi connectivity index (χ2n) is 8.50. The lowest BCUT2D eigenvalue weighted by Gasteiger charge is -2.32. The molecule has 2 fully saturated rings. The monoisotopic (exact) mass is 482 g/mol. The summed E-state index contributed by atoms with van der Waals surface area (Å²) >= 11 is 0. The van der Waals surface area contributed by atoms with Crippen molar-refractivity contribution in [2.75, 3.05) is 19.6 Å². The Kier molecular flexibility index (Phi) is 9.59. The predicted octanol–water partition coefficient (Wildman–Crippen LogP) is -3.21. The molecule has 0 spiro atoms. The second kappa shape index (κ2) is 12.2. The molecule has 2 rings (SSSR count). The fraction of sp³-hybridized carbons (Fsp3) is 0.700. The van der Waals surface area contributed by atoms with Crippen molar-refractivity contribution in [3.05, 3.63) is 0 Å². The zero-order valence-electron chi connectivity index (χ0n) is 19.0. The Morgan fingerprint density at radius 3 is 2.21 bits per heavy atom. The lowest BCUT2D eigenvalue weighted by molar-refractivity contribution is -0.152. The number of carbonyl (C=O) groups is 5. The number of nitrogens with zero attached hydrogens (tertiary/aromatic N) is 3. The largest absolute Gasteiger partial charge is 0.480 e. The van der Waals surface area contributed by atoms with Gasteiger partial charge in [0.15, 0.2) is 5.96 Å². The van der Waals surface area contributed by atoms with Gasteiger partial charge in [0.2, 0.25) is 23.6 Å². The van der Waals surface area contributed by atoms with Gasteiger partial charge in [-0.1, -0.05) is 0 Å². The summed E-state index contributed by atoms with van der Waals surface area (Å²) < 4.78 is 0. The van der Waals surface area contributed by atoms with Gasteiger partial charge in [0.05, 0.1) is 12.5 Å². The van der Waals surface area contributed by atoms with E-state index in [1.165, 1.54) is 9.80 Å². The Morgan fingerprint density at radius 2 is 1.62 bits per heavy atom. The first kappa shape index (κ1) is 26.8. The Labute approximate surface area is 197 Å². The standard InChI is InChI=1S/C20H34N8O6/c21-11(10-15(22)29)16(30)26-12(4-1-7-25-20(23)24)17(31)27-8-2-5-13(27)18(32)28-9-3-6-14(28)19(33)34/h11-14H,1-10,21H2,(H2,22,29)(H,26,30)(H,33,34)(H4,23,24,25). The lowest BCUT2D eigenvalue weighted by Crippen LogP contribution is -2.57. The Balaban J connectivity index is 2.15. The SMILES string of the molecule is NC(=O)CC(N)C(=O)NC(CCCN=C(N)N)C(=O)N1CCCC1C(=O)N1CCCC1C(=O)O. The molecule has 0 saturated carbocycles. The van der Waals surface area contributed by atoms with Crippen molar-refractivity contribution in [2.24, 2.45) is 27.9 Å². The second-order valence-corrected chi connectivity index (χ2v) is 8.50. The summed E-state index contributed by atoms with van der Waals surface area (Å²) in [5.41, 5.74) is 21.4. The van der Waals surface area contributed by atoms with E-state index in [0.29, 0.717) is 38.6 Å². The zero-order valence-corrected chi connectivity index (χ0v) is 19.0. The number of nitrogens with one attached hydrogen (secondary N) is 1. The zero-order chi connectivity index (χ0) is 25.4. The van der Waals surface area contributed by atoms with Crippen molar-refractivity contribution in [2.45, 2.75) is 69.1 Å². The van der Waals surface area contributed by atoms with E-state index in [1.54, 1.807) is 0 Å². The molecular formula is C20H34N8O6. The molecule has 34 heavy (non-hydrogen) atoms. The molecule has 0 radical (unpaired) electrons. The van der Waals surface area contributed by atoms with Crippen LogP contribution in [0, 0.1) is 0 Å². The van der Waals surface area contributed by atoms with Crippen LogP contribution in [0.3, 0.4) is 0 Å². The number of primary amides is 1. The average Bonchev–Trinajstić information content (AvgIpc) is 3.44. The lowest BCUT2D eigenvalue weighted by atomic mass is 10.1. The van der Waals surface area contributed by atoms with Gasteiger partial charge in [-0.15, -0.1) is 0 Å². The molecule has 4 amide bonds. The molecule has 0 aromatic heterocycles. The van der Waals surface area contributed by atoms with E-state index in [-0.39, 0.29) is 25.5 Å². The smallest absolute Gasteiger partial charge is 0.326 e. The van der Waals surface area contributed by atoms with Crippen molar-refractivity contribution in [3.8, 4) is 0 Å². The van der Waals surface area contributed by atoms with E-state index in [1.807, 2.05) is 0 Å². The topological polar surface area (TPSA) is 241 Å². The first-order chi connectivity index (χ1) is 16.0. The summed E-state index contributed by atoms with van der Waals surface area (Å²) in [7, 11) is 0. The molecule has 2 saturated heterocycles. The maximum absolute atomic E-state index is 13.4. The molecule has 0 bridgehead atoms. The third-order valence-corrected chi connectivity index (χ3v) is 5.96. The van der Waals surface area contributed by atoms with E-state index in [2.05, 4.69) is 10.3 Å². The van der Waals surface area contributed by atoms with Gasteiger partial charge >= 0.3 is 5.97 Å². The number of carboxylic acid groups (broad SMARTS) is 1. The average molecular weight is 483 g/mol. The molecule has 0 aromatic rings. The van der Waals surface area contributed by atoms with Crippen LogP contribution in [0.4, 0.5) is 0 Å². The van der Waals surface area contributed by atoms with Crippen LogP contribution in [0.1, 0.15) is 44.9 Å². The van der Waals surface area contributed by atoms with Crippen LogP contribution in [0.5, 0.6) is 0 Å². The maximum Gasteiger partial charge on any atom is 0.326 e. The molecule has 0 aromatic carbocycles. The molecule has 10 N–H and O–H groups in total. The van der Waals surface area contributed by atoms with E-state index in [0.717, 1.165) is 0 Å². The summed E-state index contributed by atoms with van der Waals surface area (Å²) in [6, 6.07) is -4.00. The van der Waals surface area contributed by atoms with Crippen molar-refractivity contribution in [1.82, 2.24) is 15.1 Å². The van der Waals surface area contributed by atoms with E-state index in [9.17, 15) is 29.1 Å². The minimum absolute atomic E-state index is 0.112. The van der Waals surface area contributed by atoms with Gasteiger partial charge in [0, 0.05) is 19.6 Å². The van der Waals surface area contributed by atoms with Crippen molar-refractivity contribution in [3.63, 3.8) is 0 Å². The summed E-state index contributed by atoms with van der Waals surface area (Å²) in [5, 5.41) is 12.0. The van der Waals surface area contributed by atoms with Crippen LogP contribution in [-0.2, 0) is 24.0 Å². The third kappa shape index (κ3) is 7.04. The minimum atomic E-state index is -1.23. The van der Waals surface area contributed by atoms with Gasteiger partial charge in [-0.25, -0.2) is 4.79 Å². The number of nitrogens with two attached hydrogens (primary N) is 4. The first-order valence-corrected chi connectivity index (χ1v) is 11.3. The molecule has 4 unspecified atom stereocenters. The molecule has 14 nitrogen and oxygen atoms in total. The fourth-order valence-corrected chi connectivity index (χ4v) is 4.32. The fourth-order valence-electron chi connectivity index (χ4n) is 4.32. The Morgan fingerprint density at radius 1 is 1.00 bits per heavy atom. The summed E-state index contributed by atoms with van der Waals surface area (Å²) in [6.07, 6.45) is 2.00. The molecule has 0 aliphatic carbocycles. The van der Waals surface area contributed by atoms with Crippen LogP contribution in [-0.4, -0.2) is 94.3 Å². The van der Waals surface area contributed by atoms with Crippen LogP contribution < -0.4 is 28.3 Å². The third-order valence-electron chi connectivity index (χ3n) is 5.96. The number of carbonyl (C=O) groups excluding carboxylic acids is 4. The van der Waals surface area contributed by atoms with Crippen LogP contribution >= 0.6 is 0 Å². The number of hydrogen-bond donors (Lipinski definition) is 6. The summed E-state index contributed by atoms with van der Waals surface area (Å²) in [5.74, 6) is -3.58. The molecule has 2 heterocycles. The quantitative estimate of drug-likeness (QED) is 0.0984. The maximum atomic E-state index is 13.4. The van der Waals surface area contributed by atoms with Crippen molar-refractivity contribution >= 4 is 35.6 Å². The van der Waals surface area contributed by atoms with Gasteiger partial charge < -0.3 is 43.2 Å². The van der Waals surface area contributed by atoms with Crippen LogP contribution in [0.15, 0.2) is 4.99 Å². The summed E-state index contributed by atoms with van der Waals surface area (Å²) in [4.78, 5) is 68.2. The van der Waals surface area contributed by atoms with Crippen LogP contribution in [0.25, 0.3) is 0 Å². The van der Waals surface area contributed by atoms with E-state index < -0.39 is 60.2 Å². The number of likely N-dealkylation sites (tertiary alicyclic amines) is 2. The Hall–Kier alpha value is -3.42. The number of aliphatic carboxylic acids is 1. The predicted molar refractivity (Wildman–Crippen MR) is 121 cm³/mol. The van der Waals surface area contributed by atoms with Gasteiger partial charge in [0.25, 0.3) is 0 Å². The highest BCUT2D eigenvalue weighted by atomic mass is 16.4. The van der Waals surface area contributed by atoms with Gasteiger partial charge in [-0.05, 0) is 38.5 Å². The molecule has 190 valence electrons. The number of hydrogen-bond acceptors (Lipinski definition) is 7. The summed E-state index contributed by atoms with van der Waals surface area (Å²) in [6.45, 7) is 0.815. The highest BCUT2D eigenvalue weighted by Gasteiger charge is 2.43. The highest BCUT2D eigenvalue weighted by Crippen LogP contribution is 2.26. The number of amides is 4. The Bertz CT molecular complexity index is 830. The minimum Gasteiger partial charge on any atom is -0.480 e. The van der Waals surface area contributed by atoms with E-state index in [4.69, 9.17) is 22.9 Å². The van der Waals surface area contributed by atoms with Crippen molar-refractivity contribution in [1.29, 1.82) is 0 Å². The van der Waals surface area contributed by atoms with Gasteiger partial charge in [0.1, 0.15) is 18.1 Å². The molecule has 4 atom stereocenters. The van der Waals surface area contributed by atoms with Gasteiger partial charge in [-0.3, -0.25) is 24.2 Å². The normalized spacial score (nSPS) is 21.6. The number of aliphatic imine (C=N–C) groups is 1. The van der Waals surface area contributed by atoms with E-state index >= 15 is 0 Å².